The van der Waals surface area contributed by atoms with Gasteiger partial charge in [0.25, 0.3) is 0 Å². The van der Waals surface area contributed by atoms with E-state index in [-0.39, 0.29) is 0 Å². The number of unbranched alkanes of at least 4 members (excludes halogenated alkanes) is 20. The van der Waals surface area contributed by atoms with Gasteiger partial charge in [0.2, 0.25) is 0 Å². The molecule has 0 spiro atoms. The first-order chi connectivity index (χ1) is 25.0. The van der Waals surface area contributed by atoms with Gasteiger partial charge in [0.1, 0.15) is 0 Å². The quantitative estimate of drug-likeness (QED) is 0.0629. The van der Waals surface area contributed by atoms with E-state index in [4.69, 9.17) is 0 Å². The van der Waals surface area contributed by atoms with Crippen molar-refractivity contribution in [2.24, 2.45) is 11.8 Å². The van der Waals surface area contributed by atoms with Crippen LogP contribution in [0.4, 0.5) is 0 Å². The van der Waals surface area contributed by atoms with Crippen LogP contribution in [-0.2, 0) is 21.6 Å². The van der Waals surface area contributed by atoms with Gasteiger partial charge in [-0.05, 0) is 82.7 Å². The topological polar surface area (TPSA) is 57.6 Å². The van der Waals surface area contributed by atoms with E-state index in [0.29, 0.717) is 18.4 Å². The van der Waals surface area contributed by atoms with Crippen molar-refractivity contribution in [2.45, 2.75) is 227 Å². The fraction of sp³-hybridized carbons (Fsp3) is 1.00. The lowest BCUT2D eigenvalue weighted by Gasteiger charge is -2.22. The zero-order valence-electron chi connectivity index (χ0n) is 35.3. The summed E-state index contributed by atoms with van der Waals surface area (Å²) in [6.45, 7) is 12.8. The molecule has 0 aromatic carbocycles. The summed E-state index contributed by atoms with van der Waals surface area (Å²) in [4.78, 5) is 2.59. The lowest BCUT2D eigenvalue weighted by Crippen LogP contribution is -2.27. The second kappa shape index (κ2) is 41.4. The van der Waals surface area contributed by atoms with E-state index in [1.54, 1.807) is 0 Å². The van der Waals surface area contributed by atoms with Crippen LogP contribution < -0.4 is 0 Å². The first-order valence-corrected chi connectivity index (χ1v) is 26.0. The van der Waals surface area contributed by atoms with Gasteiger partial charge in [0.15, 0.2) is 0 Å². The molecule has 0 aliphatic carbocycles. The van der Waals surface area contributed by atoms with E-state index >= 15 is 0 Å². The van der Waals surface area contributed by atoms with Crippen LogP contribution in [0.15, 0.2) is 0 Å². The highest BCUT2D eigenvalue weighted by atomic mass is 32.2. The molecule has 0 saturated carbocycles. The number of aliphatic hydroxyl groups is 1. The maximum Gasteiger partial charge on any atom is 0.0443 e. The molecular formula is C45H93NO3S2. The largest absolute Gasteiger partial charge is 0.396 e. The third kappa shape index (κ3) is 36.9. The molecule has 0 aliphatic heterocycles. The van der Waals surface area contributed by atoms with Gasteiger partial charge >= 0.3 is 0 Å². The summed E-state index contributed by atoms with van der Waals surface area (Å²) in [7, 11) is -1.25. The van der Waals surface area contributed by atoms with Gasteiger partial charge < -0.3 is 10.0 Å². The Labute approximate surface area is 326 Å². The molecule has 0 aromatic rings. The van der Waals surface area contributed by atoms with Crippen LogP contribution >= 0.6 is 0 Å². The average molecular weight is 760 g/mol. The van der Waals surface area contributed by atoms with E-state index in [9.17, 15) is 13.5 Å². The molecule has 0 amide bonds. The van der Waals surface area contributed by atoms with E-state index in [1.165, 1.54) is 193 Å². The number of aliphatic hydroxyl groups excluding tert-OH is 1. The predicted octanol–water partition coefficient (Wildman–Crippen LogP) is 13.2. The van der Waals surface area contributed by atoms with Crippen LogP contribution in [0, 0.1) is 11.8 Å². The SMILES string of the molecule is CCCCCCC(CCCC)CS(=O)CCCCCCCCCN(CCCO)CCCCCCCCCS(=O)CC(CCCC)CCCCCC. The maximum absolute atomic E-state index is 12.8. The Balaban J connectivity index is 3.93. The van der Waals surface area contributed by atoms with E-state index in [2.05, 4.69) is 32.6 Å². The highest BCUT2D eigenvalue weighted by molar-refractivity contribution is 7.85. The molecular weight excluding hydrogens is 667 g/mol. The number of rotatable bonds is 43. The van der Waals surface area contributed by atoms with Gasteiger partial charge in [-0.1, -0.05) is 169 Å². The summed E-state index contributed by atoms with van der Waals surface area (Å²) in [6.07, 6.45) is 39.5. The van der Waals surface area contributed by atoms with Crippen LogP contribution in [0.1, 0.15) is 227 Å². The monoisotopic (exact) mass is 760 g/mol. The molecule has 0 radical (unpaired) electrons. The molecule has 0 heterocycles. The Bertz CT molecular complexity index is 680. The molecule has 1 N–H and O–H groups in total. The predicted molar refractivity (Wildman–Crippen MR) is 232 cm³/mol. The summed E-state index contributed by atoms with van der Waals surface area (Å²) in [5.41, 5.74) is 0. The zero-order valence-corrected chi connectivity index (χ0v) is 36.9. The van der Waals surface area contributed by atoms with Crippen LogP contribution in [-0.4, -0.2) is 67.7 Å². The van der Waals surface area contributed by atoms with Crippen molar-refractivity contribution in [3.63, 3.8) is 0 Å². The Kier molecular flexibility index (Phi) is 41.6. The van der Waals surface area contributed by atoms with Crippen molar-refractivity contribution in [3.05, 3.63) is 0 Å². The molecule has 0 saturated heterocycles. The molecule has 0 fully saturated rings. The number of hydrogen-bond donors (Lipinski definition) is 1. The van der Waals surface area contributed by atoms with Gasteiger partial charge in [-0.25, -0.2) is 0 Å². The lowest BCUT2D eigenvalue weighted by atomic mass is 9.97. The first-order valence-electron chi connectivity index (χ1n) is 23.0. The van der Waals surface area contributed by atoms with Gasteiger partial charge in [0.05, 0.1) is 0 Å². The van der Waals surface area contributed by atoms with Crippen LogP contribution in [0.3, 0.4) is 0 Å². The van der Waals surface area contributed by atoms with Crippen molar-refractivity contribution in [3.8, 4) is 0 Å². The summed E-state index contributed by atoms with van der Waals surface area (Å²) >= 11 is 0. The Morgan fingerprint density at radius 1 is 0.392 bits per heavy atom. The summed E-state index contributed by atoms with van der Waals surface area (Å²) < 4.78 is 25.5. The Morgan fingerprint density at radius 3 is 1.08 bits per heavy atom. The molecule has 6 heteroatoms. The van der Waals surface area contributed by atoms with Crippen molar-refractivity contribution in [2.75, 3.05) is 49.3 Å². The van der Waals surface area contributed by atoms with Gasteiger partial charge in [-0.15, -0.1) is 0 Å². The zero-order chi connectivity index (χ0) is 37.5. The Hall–Kier alpha value is 0.220. The molecule has 4 atom stereocenters. The van der Waals surface area contributed by atoms with Crippen molar-refractivity contribution >= 4 is 21.6 Å². The van der Waals surface area contributed by atoms with Gasteiger partial charge in [0, 0.05) is 57.8 Å². The minimum atomic E-state index is -0.626. The van der Waals surface area contributed by atoms with E-state index < -0.39 is 21.6 Å². The third-order valence-corrected chi connectivity index (χ3v) is 14.2. The molecule has 51 heavy (non-hydrogen) atoms. The minimum Gasteiger partial charge on any atom is -0.396 e. The van der Waals surface area contributed by atoms with Crippen LogP contribution in [0.5, 0.6) is 0 Å². The molecule has 308 valence electrons. The van der Waals surface area contributed by atoms with Crippen molar-refractivity contribution in [1.82, 2.24) is 4.90 Å². The Morgan fingerprint density at radius 2 is 0.706 bits per heavy atom. The van der Waals surface area contributed by atoms with Gasteiger partial charge in [-0.2, -0.15) is 0 Å². The van der Waals surface area contributed by atoms with Gasteiger partial charge in [-0.3, -0.25) is 8.42 Å². The molecule has 0 aromatic heterocycles. The molecule has 0 aliphatic rings. The number of hydrogen-bond acceptors (Lipinski definition) is 4. The van der Waals surface area contributed by atoms with Crippen molar-refractivity contribution < 1.29 is 13.5 Å². The molecule has 0 rings (SSSR count). The van der Waals surface area contributed by atoms with Crippen LogP contribution in [0.25, 0.3) is 0 Å². The smallest absolute Gasteiger partial charge is 0.0443 e. The van der Waals surface area contributed by atoms with E-state index in [0.717, 1.165) is 48.8 Å². The average Bonchev–Trinajstić information content (AvgIpc) is 3.13. The van der Waals surface area contributed by atoms with Crippen LogP contribution in [0.2, 0.25) is 0 Å². The molecule has 4 nitrogen and oxygen atoms in total. The minimum absolute atomic E-state index is 0.294. The standard InChI is InChI=1S/C45H93NO3S2/c1-5-9-13-25-34-44(32-11-7-3)42-50(48)40-29-23-19-15-17-21-27-36-46(38-31-39-47)37-28-22-18-16-20-24-30-41-51(49)43-45(33-12-8-4)35-26-14-10-6-2/h44-45,47H,5-43H2,1-4H3. The summed E-state index contributed by atoms with van der Waals surface area (Å²) in [6, 6.07) is 0. The third-order valence-electron chi connectivity index (χ3n) is 11.0. The highest BCUT2D eigenvalue weighted by Crippen LogP contribution is 2.21. The summed E-state index contributed by atoms with van der Waals surface area (Å²) in [5.74, 6) is 5.09. The normalized spacial score (nSPS) is 14.3. The first kappa shape index (κ1) is 51.2. The summed E-state index contributed by atoms with van der Waals surface area (Å²) in [5, 5.41) is 9.40. The fourth-order valence-corrected chi connectivity index (χ4v) is 10.7. The second-order valence-electron chi connectivity index (χ2n) is 16.2. The maximum atomic E-state index is 12.8. The fourth-order valence-electron chi connectivity index (χ4n) is 7.61. The molecule has 0 bridgehead atoms. The second-order valence-corrected chi connectivity index (χ2v) is 19.4. The number of nitrogens with zero attached hydrogens (tertiary/aromatic N) is 1. The molecule has 4 unspecified atom stereocenters. The lowest BCUT2D eigenvalue weighted by molar-refractivity contribution is 0.217. The van der Waals surface area contributed by atoms with E-state index in [1.807, 2.05) is 0 Å². The highest BCUT2D eigenvalue weighted by Gasteiger charge is 2.14. The van der Waals surface area contributed by atoms with Crippen molar-refractivity contribution in [1.29, 1.82) is 0 Å².